The van der Waals surface area contributed by atoms with Crippen LogP contribution in [0.2, 0.25) is 0 Å². The number of fused-ring (bicyclic) bond motifs is 1. The number of carboxylic acid groups (broad SMARTS) is 1. The standard InChI is InChI=1S/C12H11N5O2S/c1-2-3-8-10(20-16-13-8)11-15-14-9-5-4-7(12(18)19)6-17(9)11/h4-6H,2-3H2,1H3,(H,18,19). The Hall–Kier alpha value is -2.35. The minimum atomic E-state index is -0.984. The van der Waals surface area contributed by atoms with Crippen LogP contribution in [0.1, 0.15) is 29.4 Å². The van der Waals surface area contributed by atoms with Gasteiger partial charge in [0, 0.05) is 6.20 Å². The summed E-state index contributed by atoms with van der Waals surface area (Å²) >= 11 is 1.24. The van der Waals surface area contributed by atoms with Crippen LogP contribution in [-0.2, 0) is 6.42 Å². The molecule has 1 N–H and O–H groups in total. The van der Waals surface area contributed by atoms with E-state index in [1.165, 1.54) is 23.8 Å². The van der Waals surface area contributed by atoms with E-state index < -0.39 is 5.97 Å². The molecule has 0 spiro atoms. The lowest BCUT2D eigenvalue weighted by molar-refractivity contribution is 0.0696. The monoisotopic (exact) mass is 289 g/mol. The highest BCUT2D eigenvalue weighted by molar-refractivity contribution is 7.09. The summed E-state index contributed by atoms with van der Waals surface area (Å²) in [6, 6.07) is 3.14. The molecule has 0 radical (unpaired) electrons. The van der Waals surface area contributed by atoms with Gasteiger partial charge in [-0.25, -0.2) is 4.79 Å². The lowest BCUT2D eigenvalue weighted by Crippen LogP contribution is -1.99. The summed E-state index contributed by atoms with van der Waals surface area (Å²) in [6.45, 7) is 2.06. The van der Waals surface area contributed by atoms with E-state index in [9.17, 15) is 4.79 Å². The van der Waals surface area contributed by atoms with Gasteiger partial charge in [-0.05, 0) is 30.1 Å². The first-order chi connectivity index (χ1) is 9.70. The smallest absolute Gasteiger partial charge is 0.337 e. The van der Waals surface area contributed by atoms with E-state index in [2.05, 4.69) is 26.7 Å². The summed E-state index contributed by atoms with van der Waals surface area (Å²) in [7, 11) is 0. The highest BCUT2D eigenvalue weighted by Crippen LogP contribution is 2.26. The Kier molecular flexibility index (Phi) is 3.15. The molecule has 0 aromatic carbocycles. The van der Waals surface area contributed by atoms with Gasteiger partial charge in [-0.3, -0.25) is 4.40 Å². The zero-order chi connectivity index (χ0) is 14.1. The van der Waals surface area contributed by atoms with Crippen molar-refractivity contribution >= 4 is 23.1 Å². The minimum absolute atomic E-state index is 0.188. The van der Waals surface area contributed by atoms with Gasteiger partial charge in [0.05, 0.1) is 11.3 Å². The second-order valence-corrected chi connectivity index (χ2v) is 5.03. The summed E-state index contributed by atoms with van der Waals surface area (Å²) < 4.78 is 5.62. The van der Waals surface area contributed by atoms with Crippen molar-refractivity contribution in [1.82, 2.24) is 24.2 Å². The van der Waals surface area contributed by atoms with Gasteiger partial charge in [-0.2, -0.15) is 0 Å². The number of carbonyl (C=O) groups is 1. The van der Waals surface area contributed by atoms with Crippen molar-refractivity contribution in [3.8, 4) is 10.7 Å². The van der Waals surface area contributed by atoms with Crippen LogP contribution in [0.15, 0.2) is 18.3 Å². The van der Waals surface area contributed by atoms with Crippen molar-refractivity contribution in [2.75, 3.05) is 0 Å². The predicted octanol–water partition coefficient (Wildman–Crippen LogP) is 1.90. The van der Waals surface area contributed by atoms with E-state index in [0.29, 0.717) is 11.5 Å². The fourth-order valence-electron chi connectivity index (χ4n) is 1.95. The molecule has 0 aliphatic carbocycles. The van der Waals surface area contributed by atoms with Crippen LogP contribution >= 0.6 is 11.5 Å². The van der Waals surface area contributed by atoms with E-state index >= 15 is 0 Å². The largest absolute Gasteiger partial charge is 0.478 e. The van der Waals surface area contributed by atoms with Gasteiger partial charge in [0.1, 0.15) is 4.88 Å². The van der Waals surface area contributed by atoms with Crippen molar-refractivity contribution in [3.05, 3.63) is 29.6 Å². The first kappa shape index (κ1) is 12.7. The lowest BCUT2D eigenvalue weighted by Gasteiger charge is -2.00. The molecule has 20 heavy (non-hydrogen) atoms. The number of rotatable bonds is 4. The molecule has 0 saturated carbocycles. The van der Waals surface area contributed by atoms with Gasteiger partial charge >= 0.3 is 5.97 Å². The maximum Gasteiger partial charge on any atom is 0.337 e. The van der Waals surface area contributed by atoms with Crippen LogP contribution in [0, 0.1) is 0 Å². The average Bonchev–Trinajstić information content (AvgIpc) is 3.04. The molecule has 0 fully saturated rings. The molecule has 0 unspecified atom stereocenters. The maximum atomic E-state index is 11.1. The third kappa shape index (κ3) is 2.03. The van der Waals surface area contributed by atoms with Crippen LogP contribution < -0.4 is 0 Å². The molecule has 3 aromatic heterocycles. The van der Waals surface area contributed by atoms with E-state index in [-0.39, 0.29) is 5.56 Å². The fourth-order valence-corrected chi connectivity index (χ4v) is 2.64. The second-order valence-electron chi connectivity index (χ2n) is 4.27. The number of pyridine rings is 1. The first-order valence-electron chi connectivity index (χ1n) is 6.10. The SMILES string of the molecule is CCCc1nnsc1-c1nnc2ccc(C(=O)O)cn12. The molecule has 0 amide bonds. The zero-order valence-electron chi connectivity index (χ0n) is 10.6. The molecule has 0 aliphatic heterocycles. The van der Waals surface area contributed by atoms with Gasteiger partial charge in [0.15, 0.2) is 11.5 Å². The third-order valence-electron chi connectivity index (χ3n) is 2.89. The molecular formula is C12H11N5O2S. The highest BCUT2D eigenvalue weighted by atomic mass is 32.1. The highest BCUT2D eigenvalue weighted by Gasteiger charge is 2.17. The van der Waals surface area contributed by atoms with Crippen molar-refractivity contribution in [1.29, 1.82) is 0 Å². The summed E-state index contributed by atoms with van der Waals surface area (Å²) in [5.74, 6) is -0.399. The number of aromatic nitrogens is 5. The topological polar surface area (TPSA) is 93.3 Å². The van der Waals surface area contributed by atoms with Crippen molar-refractivity contribution in [2.45, 2.75) is 19.8 Å². The van der Waals surface area contributed by atoms with E-state index in [1.54, 1.807) is 10.5 Å². The van der Waals surface area contributed by atoms with Crippen molar-refractivity contribution in [3.63, 3.8) is 0 Å². The van der Waals surface area contributed by atoms with E-state index in [1.807, 2.05) is 0 Å². The zero-order valence-corrected chi connectivity index (χ0v) is 11.5. The Morgan fingerprint density at radius 1 is 1.35 bits per heavy atom. The number of aryl methyl sites for hydroxylation is 1. The minimum Gasteiger partial charge on any atom is -0.478 e. The summed E-state index contributed by atoms with van der Waals surface area (Å²) in [6.07, 6.45) is 3.28. The molecular weight excluding hydrogens is 278 g/mol. The Morgan fingerprint density at radius 3 is 2.95 bits per heavy atom. The Bertz CT molecular complexity index is 779. The molecule has 102 valence electrons. The van der Waals surface area contributed by atoms with E-state index in [0.717, 1.165) is 23.4 Å². The van der Waals surface area contributed by atoms with Crippen LogP contribution in [0.25, 0.3) is 16.3 Å². The van der Waals surface area contributed by atoms with Crippen molar-refractivity contribution in [2.24, 2.45) is 0 Å². The Labute approximate surface area is 118 Å². The molecule has 0 atom stereocenters. The number of hydrogen-bond acceptors (Lipinski definition) is 6. The van der Waals surface area contributed by atoms with E-state index in [4.69, 9.17) is 5.11 Å². The van der Waals surface area contributed by atoms with Crippen LogP contribution in [0.3, 0.4) is 0 Å². The quantitative estimate of drug-likeness (QED) is 0.788. The second kappa shape index (κ2) is 4.97. The van der Waals surface area contributed by atoms with Crippen molar-refractivity contribution < 1.29 is 9.90 Å². The summed E-state index contributed by atoms with van der Waals surface area (Å²) in [5, 5.41) is 21.3. The summed E-state index contributed by atoms with van der Waals surface area (Å²) in [4.78, 5) is 11.9. The van der Waals surface area contributed by atoms with Gasteiger partial charge < -0.3 is 5.11 Å². The third-order valence-corrected chi connectivity index (χ3v) is 3.66. The first-order valence-corrected chi connectivity index (χ1v) is 6.87. The van der Waals surface area contributed by atoms with Crippen LogP contribution in [0.4, 0.5) is 0 Å². The van der Waals surface area contributed by atoms with Gasteiger partial charge in [0.25, 0.3) is 0 Å². The van der Waals surface area contributed by atoms with Gasteiger partial charge in [0.2, 0.25) is 0 Å². The number of aromatic carboxylic acids is 1. The summed E-state index contributed by atoms with van der Waals surface area (Å²) in [5.41, 5.74) is 1.65. The molecule has 0 saturated heterocycles. The Balaban J connectivity index is 2.18. The molecule has 0 bridgehead atoms. The molecule has 3 rings (SSSR count). The van der Waals surface area contributed by atoms with Crippen LogP contribution in [0.5, 0.6) is 0 Å². The number of hydrogen-bond donors (Lipinski definition) is 1. The number of carboxylic acids is 1. The Morgan fingerprint density at radius 2 is 2.20 bits per heavy atom. The van der Waals surface area contributed by atoms with Crippen LogP contribution in [-0.4, -0.2) is 35.3 Å². The number of nitrogens with zero attached hydrogens (tertiary/aromatic N) is 5. The predicted molar refractivity (Wildman–Crippen MR) is 72.8 cm³/mol. The van der Waals surface area contributed by atoms with Gasteiger partial charge in [-0.1, -0.05) is 17.8 Å². The molecule has 3 heterocycles. The molecule has 7 nitrogen and oxygen atoms in total. The lowest BCUT2D eigenvalue weighted by atomic mass is 10.2. The maximum absolute atomic E-state index is 11.1. The average molecular weight is 289 g/mol. The fraction of sp³-hybridized carbons (Fsp3) is 0.250. The molecule has 3 aromatic rings. The molecule has 0 aliphatic rings. The normalized spacial score (nSPS) is 11.1. The van der Waals surface area contributed by atoms with Gasteiger partial charge in [-0.15, -0.1) is 15.3 Å². The molecule has 8 heteroatoms.